The lowest BCUT2D eigenvalue weighted by molar-refractivity contribution is -0.307. The minimum atomic E-state index is -1.87. The summed E-state index contributed by atoms with van der Waals surface area (Å²) in [7, 11) is 1.43. The largest absolute Gasteiger partial charge is 0.504 e. The van der Waals surface area contributed by atoms with Gasteiger partial charge in [0.1, 0.15) is 36.1 Å². The molecule has 2 aliphatic heterocycles. The highest BCUT2D eigenvalue weighted by molar-refractivity contribution is 5.55. The summed E-state index contributed by atoms with van der Waals surface area (Å²) in [5.41, 5.74) is -1.15. The molecule has 0 amide bonds. The first-order chi connectivity index (χ1) is 15.7. The lowest BCUT2D eigenvalue weighted by atomic mass is 9.99. The summed E-state index contributed by atoms with van der Waals surface area (Å²) in [4.78, 5) is 0. The van der Waals surface area contributed by atoms with Crippen molar-refractivity contribution in [1.82, 2.24) is 0 Å². The van der Waals surface area contributed by atoms with Gasteiger partial charge in [0.15, 0.2) is 24.1 Å². The maximum atomic E-state index is 10.2. The highest BCUT2D eigenvalue weighted by atomic mass is 16.7. The number of aliphatic hydroxyl groups excluding tert-OH is 5. The first-order valence-electron chi connectivity index (χ1n) is 10.3. The van der Waals surface area contributed by atoms with Gasteiger partial charge in [-0.15, -0.1) is 0 Å². The Kier molecular flexibility index (Phi) is 8.64. The Balaban J connectivity index is 1.53. The van der Waals surface area contributed by atoms with E-state index >= 15 is 0 Å². The molecule has 1 aromatic carbocycles. The van der Waals surface area contributed by atoms with E-state index in [4.69, 9.17) is 23.7 Å². The van der Waals surface area contributed by atoms with Crippen molar-refractivity contribution in [1.29, 1.82) is 0 Å². The Morgan fingerprint density at radius 1 is 1.09 bits per heavy atom. The molecule has 0 saturated carbocycles. The highest BCUT2D eigenvalue weighted by Crippen LogP contribution is 2.28. The molecule has 12 nitrogen and oxygen atoms in total. The lowest BCUT2D eigenvalue weighted by Crippen LogP contribution is -2.59. The standard InChI is InChI=1S/C21H30O12/c1-29-13-7-11(4-5-12(13)23)3-2-6-30-19-17(26)16(25)15(24)14(33-19)8-31-20-18(27)21(28,9-22)10-32-20/h2-5,7,14-20,22-28H,6,8-10H2,1H3. The normalized spacial score (nSPS) is 37.0. The van der Waals surface area contributed by atoms with Gasteiger partial charge in [0.05, 0.1) is 33.5 Å². The summed E-state index contributed by atoms with van der Waals surface area (Å²) in [5.74, 6) is 0.305. The van der Waals surface area contributed by atoms with Gasteiger partial charge in [-0.25, -0.2) is 0 Å². The third-order valence-electron chi connectivity index (χ3n) is 5.54. The second-order valence-electron chi connectivity index (χ2n) is 7.90. The molecule has 2 heterocycles. The van der Waals surface area contributed by atoms with Crippen molar-refractivity contribution in [2.75, 3.05) is 33.5 Å². The average molecular weight is 474 g/mol. The van der Waals surface area contributed by atoms with Crippen molar-refractivity contribution >= 4 is 6.08 Å². The molecule has 0 spiro atoms. The SMILES string of the molecule is COc1cc(C=CCOC2OC(COC3OCC(O)(CO)C3O)C(O)C(O)C2O)ccc1O. The first kappa shape index (κ1) is 25.8. The fraction of sp³-hybridized carbons (Fsp3) is 0.619. The molecule has 2 aliphatic rings. The molecule has 0 aromatic heterocycles. The van der Waals surface area contributed by atoms with Gasteiger partial charge in [-0.05, 0) is 17.7 Å². The van der Waals surface area contributed by atoms with Gasteiger partial charge in [-0.3, -0.25) is 0 Å². The maximum absolute atomic E-state index is 10.2. The van der Waals surface area contributed by atoms with Crippen LogP contribution in [0.3, 0.4) is 0 Å². The monoisotopic (exact) mass is 474 g/mol. The molecule has 33 heavy (non-hydrogen) atoms. The van der Waals surface area contributed by atoms with Crippen LogP contribution in [0, 0.1) is 0 Å². The molecule has 8 unspecified atom stereocenters. The van der Waals surface area contributed by atoms with E-state index < -0.39 is 55.3 Å². The van der Waals surface area contributed by atoms with E-state index in [2.05, 4.69) is 0 Å². The summed E-state index contributed by atoms with van der Waals surface area (Å²) >= 11 is 0. The number of methoxy groups -OCH3 is 1. The molecule has 0 aliphatic carbocycles. The Bertz CT molecular complexity index is 803. The van der Waals surface area contributed by atoms with Crippen LogP contribution in [0.1, 0.15) is 5.56 Å². The molecule has 186 valence electrons. The van der Waals surface area contributed by atoms with Crippen LogP contribution in [0.4, 0.5) is 0 Å². The number of rotatable bonds is 9. The van der Waals surface area contributed by atoms with Gasteiger partial charge in [-0.2, -0.15) is 0 Å². The topological polar surface area (TPSA) is 188 Å². The summed E-state index contributed by atoms with van der Waals surface area (Å²) in [6, 6.07) is 4.75. The number of ether oxygens (including phenoxy) is 5. The Morgan fingerprint density at radius 2 is 1.85 bits per heavy atom. The van der Waals surface area contributed by atoms with E-state index in [-0.39, 0.29) is 25.6 Å². The van der Waals surface area contributed by atoms with Crippen molar-refractivity contribution in [3.63, 3.8) is 0 Å². The van der Waals surface area contributed by atoms with Crippen molar-refractivity contribution < 1.29 is 59.4 Å². The molecule has 8 atom stereocenters. The van der Waals surface area contributed by atoms with Gasteiger partial charge >= 0.3 is 0 Å². The number of phenolic OH excluding ortho intramolecular Hbond substituents is 1. The van der Waals surface area contributed by atoms with Crippen LogP contribution in [0.2, 0.25) is 0 Å². The Hall–Kier alpha value is -1.84. The molecule has 0 bridgehead atoms. The first-order valence-corrected chi connectivity index (χ1v) is 10.3. The number of aromatic hydroxyl groups is 1. The van der Waals surface area contributed by atoms with E-state index in [0.717, 1.165) is 5.56 Å². The third kappa shape index (κ3) is 5.81. The second kappa shape index (κ2) is 11.1. The Morgan fingerprint density at radius 3 is 2.52 bits per heavy atom. The predicted molar refractivity (Wildman–Crippen MR) is 110 cm³/mol. The van der Waals surface area contributed by atoms with Gasteiger partial charge in [0.2, 0.25) is 0 Å². The lowest BCUT2D eigenvalue weighted by Gasteiger charge is -2.40. The molecule has 7 N–H and O–H groups in total. The summed E-state index contributed by atoms with van der Waals surface area (Å²) in [6.45, 7) is -1.47. The van der Waals surface area contributed by atoms with E-state index in [1.807, 2.05) is 0 Å². The van der Waals surface area contributed by atoms with Crippen molar-refractivity contribution in [2.24, 2.45) is 0 Å². The third-order valence-corrected chi connectivity index (χ3v) is 5.54. The van der Waals surface area contributed by atoms with Gasteiger partial charge in [-0.1, -0.05) is 18.2 Å². The fourth-order valence-corrected chi connectivity index (χ4v) is 3.45. The molecular formula is C21H30O12. The van der Waals surface area contributed by atoms with Crippen LogP contribution in [-0.4, -0.2) is 118 Å². The number of hydrogen-bond donors (Lipinski definition) is 7. The van der Waals surface area contributed by atoms with Crippen LogP contribution in [0.5, 0.6) is 11.5 Å². The Labute approximate surface area is 189 Å². The quantitative estimate of drug-likeness (QED) is 0.203. The van der Waals surface area contributed by atoms with Crippen LogP contribution in [0.15, 0.2) is 24.3 Å². The fourth-order valence-electron chi connectivity index (χ4n) is 3.45. The maximum Gasteiger partial charge on any atom is 0.187 e. The van der Waals surface area contributed by atoms with E-state index in [9.17, 15) is 35.7 Å². The zero-order chi connectivity index (χ0) is 24.2. The van der Waals surface area contributed by atoms with Gasteiger partial charge in [0, 0.05) is 0 Å². The summed E-state index contributed by atoms with van der Waals surface area (Å²) in [5, 5.41) is 69.3. The molecule has 0 radical (unpaired) electrons. The summed E-state index contributed by atoms with van der Waals surface area (Å²) < 4.78 is 26.5. The number of benzene rings is 1. The van der Waals surface area contributed by atoms with Crippen LogP contribution >= 0.6 is 0 Å². The smallest absolute Gasteiger partial charge is 0.187 e. The zero-order valence-corrected chi connectivity index (χ0v) is 17.9. The number of aliphatic hydroxyl groups is 6. The van der Waals surface area contributed by atoms with E-state index in [0.29, 0.717) is 5.75 Å². The molecule has 1 aromatic rings. The predicted octanol–water partition coefficient (Wildman–Crippen LogP) is -2.30. The highest BCUT2D eigenvalue weighted by Gasteiger charge is 2.50. The molecule has 2 saturated heterocycles. The minimum Gasteiger partial charge on any atom is -0.504 e. The van der Waals surface area contributed by atoms with Crippen molar-refractivity contribution in [2.45, 2.75) is 48.7 Å². The number of phenols is 1. The van der Waals surface area contributed by atoms with Crippen LogP contribution in [-0.2, 0) is 18.9 Å². The molecular weight excluding hydrogens is 444 g/mol. The van der Waals surface area contributed by atoms with E-state index in [1.165, 1.54) is 13.2 Å². The molecule has 3 rings (SSSR count). The van der Waals surface area contributed by atoms with Crippen LogP contribution < -0.4 is 4.74 Å². The molecule has 2 fully saturated rings. The number of hydrogen-bond acceptors (Lipinski definition) is 12. The second-order valence-corrected chi connectivity index (χ2v) is 7.90. The zero-order valence-electron chi connectivity index (χ0n) is 17.9. The van der Waals surface area contributed by atoms with E-state index in [1.54, 1.807) is 24.3 Å². The van der Waals surface area contributed by atoms with Gasteiger partial charge < -0.3 is 59.4 Å². The van der Waals surface area contributed by atoms with Crippen molar-refractivity contribution in [3.05, 3.63) is 29.8 Å². The average Bonchev–Trinajstić information content (AvgIpc) is 3.10. The minimum absolute atomic E-state index is 0.00185. The van der Waals surface area contributed by atoms with Crippen molar-refractivity contribution in [3.8, 4) is 11.5 Å². The van der Waals surface area contributed by atoms with Gasteiger partial charge in [0.25, 0.3) is 0 Å². The van der Waals surface area contributed by atoms with Crippen LogP contribution in [0.25, 0.3) is 6.08 Å². The summed E-state index contributed by atoms with van der Waals surface area (Å²) in [6.07, 6.45) is -6.60. The molecule has 12 heteroatoms.